The fraction of sp³-hybridized carbons (Fsp3) is 0.750. The maximum atomic E-state index is 6.02. The summed E-state index contributed by atoms with van der Waals surface area (Å²) in [6.07, 6.45) is 1.54. The molecule has 1 heterocycles. The molecule has 2 rings (SSSR count). The topological polar surface area (TPSA) is 21.3 Å². The van der Waals surface area contributed by atoms with Crippen molar-refractivity contribution in [3.8, 4) is 0 Å². The van der Waals surface area contributed by atoms with Gasteiger partial charge in [0.15, 0.2) is 0 Å². The molecule has 1 aliphatic rings. The molecule has 1 fully saturated rings. The van der Waals surface area contributed by atoms with Crippen molar-refractivity contribution in [2.24, 2.45) is 11.3 Å². The molecule has 1 N–H and O–H groups in total. The van der Waals surface area contributed by atoms with E-state index in [0.29, 0.717) is 24.1 Å². The van der Waals surface area contributed by atoms with Gasteiger partial charge in [-0.2, -0.15) is 0 Å². The van der Waals surface area contributed by atoms with Crippen LogP contribution in [0.1, 0.15) is 52.0 Å². The van der Waals surface area contributed by atoms with Gasteiger partial charge in [-0.15, -0.1) is 11.3 Å². The van der Waals surface area contributed by atoms with Gasteiger partial charge in [0, 0.05) is 29.0 Å². The van der Waals surface area contributed by atoms with Crippen LogP contribution in [0.2, 0.25) is 0 Å². The second-order valence-electron chi connectivity index (χ2n) is 6.73. The number of nitrogens with one attached hydrogen (secondary N) is 1. The Labute approximate surface area is 121 Å². The van der Waals surface area contributed by atoms with Crippen molar-refractivity contribution >= 4 is 11.3 Å². The summed E-state index contributed by atoms with van der Waals surface area (Å²) in [5.41, 5.74) is 0.237. The molecule has 3 heteroatoms. The Morgan fingerprint density at radius 3 is 2.68 bits per heavy atom. The van der Waals surface area contributed by atoms with E-state index in [1.54, 1.807) is 0 Å². The summed E-state index contributed by atoms with van der Waals surface area (Å²) in [5.74, 6) is 0.618. The smallest absolute Gasteiger partial charge is 0.0656 e. The zero-order chi connectivity index (χ0) is 14.0. The van der Waals surface area contributed by atoms with E-state index in [1.807, 2.05) is 11.3 Å². The van der Waals surface area contributed by atoms with Gasteiger partial charge in [-0.25, -0.2) is 0 Å². The molecule has 0 aliphatic heterocycles. The lowest BCUT2D eigenvalue weighted by Gasteiger charge is -2.53. The van der Waals surface area contributed by atoms with Crippen LogP contribution >= 0.6 is 11.3 Å². The highest BCUT2D eigenvalue weighted by atomic mass is 32.1. The maximum absolute atomic E-state index is 6.02. The number of hydrogen-bond acceptors (Lipinski definition) is 3. The molecule has 0 saturated heterocycles. The van der Waals surface area contributed by atoms with Crippen molar-refractivity contribution in [3.05, 3.63) is 22.4 Å². The Morgan fingerprint density at radius 2 is 2.16 bits per heavy atom. The molecular weight excluding hydrogens is 254 g/mol. The minimum atomic E-state index is 0.237. The molecule has 0 bridgehead atoms. The van der Waals surface area contributed by atoms with Gasteiger partial charge < -0.3 is 10.1 Å². The second-order valence-corrected chi connectivity index (χ2v) is 7.71. The van der Waals surface area contributed by atoms with Gasteiger partial charge in [-0.05, 0) is 30.7 Å². The van der Waals surface area contributed by atoms with Gasteiger partial charge >= 0.3 is 0 Å². The van der Waals surface area contributed by atoms with Gasteiger partial charge in [0.05, 0.1) is 6.10 Å². The van der Waals surface area contributed by atoms with Crippen molar-refractivity contribution in [2.75, 3.05) is 6.61 Å². The summed E-state index contributed by atoms with van der Waals surface area (Å²) >= 11 is 1.83. The first-order chi connectivity index (χ1) is 8.91. The molecule has 0 aromatic carbocycles. The molecule has 0 spiro atoms. The molecule has 1 aromatic rings. The molecule has 108 valence electrons. The Balaban J connectivity index is 1.84. The third kappa shape index (κ3) is 3.39. The molecule has 3 atom stereocenters. The normalized spacial score (nSPS) is 27.3. The lowest BCUT2D eigenvalue weighted by Crippen LogP contribution is -2.61. The molecule has 1 aliphatic carbocycles. The fourth-order valence-electron chi connectivity index (χ4n) is 2.68. The monoisotopic (exact) mass is 281 g/mol. The Morgan fingerprint density at radius 1 is 1.42 bits per heavy atom. The third-order valence-electron chi connectivity index (χ3n) is 4.23. The number of hydrogen-bond donors (Lipinski definition) is 1. The molecule has 19 heavy (non-hydrogen) atoms. The van der Waals surface area contributed by atoms with Crippen LogP contribution in [-0.4, -0.2) is 18.8 Å². The lowest BCUT2D eigenvalue weighted by molar-refractivity contribution is -0.125. The summed E-state index contributed by atoms with van der Waals surface area (Å²) in [7, 11) is 0. The van der Waals surface area contributed by atoms with E-state index in [9.17, 15) is 0 Å². The summed E-state index contributed by atoms with van der Waals surface area (Å²) in [6.45, 7) is 12.2. The van der Waals surface area contributed by atoms with Crippen molar-refractivity contribution < 1.29 is 4.74 Å². The molecule has 0 radical (unpaired) electrons. The standard InChI is InChI=1S/C16H27NOS/c1-11(2)10-18-15-9-14(16(15,4)5)17-12(3)13-7-6-8-19-13/h6-8,11-12,14-15,17H,9-10H2,1-5H3/t12-,14?,15?/m0/s1. The molecule has 2 nitrogen and oxygen atoms in total. The van der Waals surface area contributed by atoms with Crippen LogP contribution in [0, 0.1) is 11.3 Å². The van der Waals surface area contributed by atoms with Crippen LogP contribution in [0.5, 0.6) is 0 Å². The van der Waals surface area contributed by atoms with Gasteiger partial charge in [0.25, 0.3) is 0 Å². The Kier molecular flexibility index (Phi) is 4.70. The van der Waals surface area contributed by atoms with Crippen molar-refractivity contribution in [3.63, 3.8) is 0 Å². The van der Waals surface area contributed by atoms with Crippen LogP contribution in [0.3, 0.4) is 0 Å². The molecule has 2 unspecified atom stereocenters. The SMILES string of the molecule is CC(C)COC1CC(N[C@@H](C)c2cccs2)C1(C)C. The fourth-order valence-corrected chi connectivity index (χ4v) is 3.42. The number of rotatable bonds is 6. The Hall–Kier alpha value is -0.380. The minimum absolute atomic E-state index is 0.237. The van der Waals surface area contributed by atoms with Crippen molar-refractivity contribution in [1.82, 2.24) is 5.32 Å². The predicted octanol–water partition coefficient (Wildman–Crippen LogP) is 4.24. The zero-order valence-electron chi connectivity index (χ0n) is 12.8. The van der Waals surface area contributed by atoms with Gasteiger partial charge in [-0.3, -0.25) is 0 Å². The lowest BCUT2D eigenvalue weighted by atomic mass is 9.64. The molecule has 1 aromatic heterocycles. The van der Waals surface area contributed by atoms with Crippen LogP contribution in [-0.2, 0) is 4.74 Å². The molecular formula is C16H27NOS. The van der Waals surface area contributed by atoms with E-state index >= 15 is 0 Å². The summed E-state index contributed by atoms with van der Waals surface area (Å²) in [4.78, 5) is 1.42. The maximum Gasteiger partial charge on any atom is 0.0656 e. The highest BCUT2D eigenvalue weighted by Crippen LogP contribution is 2.44. The highest BCUT2D eigenvalue weighted by Gasteiger charge is 2.49. The average Bonchev–Trinajstić information content (AvgIpc) is 2.85. The van der Waals surface area contributed by atoms with E-state index in [-0.39, 0.29) is 5.41 Å². The van der Waals surface area contributed by atoms with Gasteiger partial charge in [0.1, 0.15) is 0 Å². The average molecular weight is 281 g/mol. The first-order valence-corrected chi connectivity index (χ1v) is 8.20. The quantitative estimate of drug-likeness (QED) is 0.842. The van der Waals surface area contributed by atoms with Gasteiger partial charge in [-0.1, -0.05) is 33.8 Å². The van der Waals surface area contributed by atoms with E-state index < -0.39 is 0 Å². The van der Waals surface area contributed by atoms with Gasteiger partial charge in [0.2, 0.25) is 0 Å². The number of thiophene rings is 1. The van der Waals surface area contributed by atoms with Crippen LogP contribution in [0.25, 0.3) is 0 Å². The first kappa shape index (κ1) is 15.0. The summed E-state index contributed by atoms with van der Waals surface area (Å²) < 4.78 is 6.02. The van der Waals surface area contributed by atoms with Crippen molar-refractivity contribution in [1.29, 1.82) is 0 Å². The minimum Gasteiger partial charge on any atom is -0.377 e. The van der Waals surface area contributed by atoms with E-state index in [1.165, 1.54) is 4.88 Å². The molecule has 0 amide bonds. The van der Waals surface area contributed by atoms with E-state index in [0.717, 1.165) is 13.0 Å². The summed E-state index contributed by atoms with van der Waals surface area (Å²) in [6, 6.07) is 5.33. The summed E-state index contributed by atoms with van der Waals surface area (Å²) in [5, 5.41) is 5.90. The second kappa shape index (κ2) is 5.94. The first-order valence-electron chi connectivity index (χ1n) is 7.32. The Bertz CT molecular complexity index is 385. The molecule has 1 saturated carbocycles. The predicted molar refractivity (Wildman–Crippen MR) is 82.6 cm³/mol. The number of ether oxygens (including phenoxy) is 1. The van der Waals surface area contributed by atoms with Crippen molar-refractivity contribution in [2.45, 2.75) is 59.2 Å². The van der Waals surface area contributed by atoms with Crippen LogP contribution in [0.15, 0.2) is 17.5 Å². The van der Waals surface area contributed by atoms with E-state index in [4.69, 9.17) is 4.74 Å². The van der Waals surface area contributed by atoms with Crippen LogP contribution < -0.4 is 5.32 Å². The van der Waals surface area contributed by atoms with Crippen LogP contribution in [0.4, 0.5) is 0 Å². The van der Waals surface area contributed by atoms with E-state index in [2.05, 4.69) is 57.4 Å². The zero-order valence-corrected chi connectivity index (χ0v) is 13.6. The highest BCUT2D eigenvalue weighted by molar-refractivity contribution is 7.10. The largest absolute Gasteiger partial charge is 0.377 e. The third-order valence-corrected chi connectivity index (χ3v) is 5.28.